The summed E-state index contributed by atoms with van der Waals surface area (Å²) in [6, 6.07) is -2.89. The second kappa shape index (κ2) is 14.3. The Morgan fingerprint density at radius 3 is 2.20 bits per heavy atom. The Bertz CT molecular complexity index is 998. The first kappa shape index (κ1) is 32.5. The Labute approximate surface area is 243 Å². The summed E-state index contributed by atoms with van der Waals surface area (Å²) in [5, 5.41) is 11.2. The highest BCUT2D eigenvalue weighted by Crippen LogP contribution is 2.30. The van der Waals surface area contributed by atoms with Crippen molar-refractivity contribution in [2.75, 3.05) is 13.6 Å². The second-order valence-corrected chi connectivity index (χ2v) is 13.0. The van der Waals surface area contributed by atoms with Crippen molar-refractivity contribution in [3.8, 4) is 0 Å². The number of hydrogen-bond acceptors (Lipinski definition) is 6. The summed E-state index contributed by atoms with van der Waals surface area (Å²) >= 11 is 0. The molecule has 4 N–H and O–H groups in total. The lowest BCUT2D eigenvalue weighted by atomic mass is 9.89. The quantitative estimate of drug-likeness (QED) is 0.245. The van der Waals surface area contributed by atoms with Gasteiger partial charge in [-0.3, -0.25) is 28.8 Å². The average Bonchev–Trinajstić information content (AvgIpc) is 3.57. The van der Waals surface area contributed by atoms with Crippen molar-refractivity contribution in [1.82, 2.24) is 26.2 Å². The van der Waals surface area contributed by atoms with Gasteiger partial charge in [-0.05, 0) is 57.3 Å². The maximum atomic E-state index is 13.9. The lowest BCUT2D eigenvalue weighted by Gasteiger charge is -2.35. The van der Waals surface area contributed by atoms with E-state index in [0.29, 0.717) is 25.8 Å². The number of carbonyl (C=O) groups is 6. The van der Waals surface area contributed by atoms with Gasteiger partial charge in [-0.1, -0.05) is 47.0 Å². The van der Waals surface area contributed by atoms with Gasteiger partial charge >= 0.3 is 0 Å². The van der Waals surface area contributed by atoms with Crippen LogP contribution < -0.4 is 21.3 Å². The first-order valence-electron chi connectivity index (χ1n) is 15.3. The smallest absolute Gasteiger partial charge is 0.289 e. The van der Waals surface area contributed by atoms with Crippen LogP contribution in [0.25, 0.3) is 0 Å². The van der Waals surface area contributed by atoms with Crippen LogP contribution in [0.4, 0.5) is 0 Å². The molecule has 3 rings (SSSR count). The van der Waals surface area contributed by atoms with Gasteiger partial charge in [0.2, 0.25) is 29.4 Å². The van der Waals surface area contributed by atoms with Gasteiger partial charge in [0.05, 0.1) is 6.04 Å². The molecular weight excluding hydrogens is 526 g/mol. The summed E-state index contributed by atoms with van der Waals surface area (Å²) in [6.07, 6.45) is 7.43. The van der Waals surface area contributed by atoms with E-state index in [0.717, 1.165) is 44.9 Å². The highest BCUT2D eigenvalue weighted by atomic mass is 16.2. The third kappa shape index (κ3) is 9.00. The molecule has 0 radical (unpaired) electrons. The number of ketones is 1. The molecule has 1 aliphatic heterocycles. The zero-order valence-electron chi connectivity index (χ0n) is 25.3. The number of nitrogens with zero attached hydrogens (tertiary/aromatic N) is 1. The number of rotatable bonds is 13. The maximum absolute atomic E-state index is 13.9. The molecule has 230 valence electrons. The van der Waals surface area contributed by atoms with Crippen molar-refractivity contribution >= 4 is 35.3 Å². The number of carbonyl (C=O) groups excluding carboxylic acids is 6. The van der Waals surface area contributed by atoms with Gasteiger partial charge in [-0.15, -0.1) is 0 Å². The van der Waals surface area contributed by atoms with E-state index >= 15 is 0 Å². The van der Waals surface area contributed by atoms with Crippen LogP contribution in [0, 0.1) is 17.3 Å². The summed E-state index contributed by atoms with van der Waals surface area (Å²) in [7, 11) is 1.55. The normalized spacial score (nSPS) is 21.7. The highest BCUT2D eigenvalue weighted by Gasteiger charge is 2.41. The van der Waals surface area contributed by atoms with Crippen LogP contribution in [0.3, 0.4) is 0 Å². The Morgan fingerprint density at radius 1 is 0.976 bits per heavy atom. The molecule has 41 heavy (non-hydrogen) atoms. The Balaban J connectivity index is 1.79. The van der Waals surface area contributed by atoms with Crippen LogP contribution in [0.2, 0.25) is 0 Å². The van der Waals surface area contributed by atoms with Crippen LogP contribution in [0.5, 0.6) is 0 Å². The van der Waals surface area contributed by atoms with Gasteiger partial charge in [-0.2, -0.15) is 0 Å². The topological polar surface area (TPSA) is 154 Å². The maximum Gasteiger partial charge on any atom is 0.289 e. The highest BCUT2D eigenvalue weighted by molar-refractivity contribution is 6.38. The predicted molar refractivity (Wildman–Crippen MR) is 153 cm³/mol. The summed E-state index contributed by atoms with van der Waals surface area (Å²) in [4.78, 5) is 80.2. The molecular formula is C30H49N5O6. The largest absolute Gasteiger partial charge is 0.356 e. The molecule has 0 bridgehead atoms. The molecule has 1 saturated heterocycles. The van der Waals surface area contributed by atoms with Crippen molar-refractivity contribution in [3.05, 3.63) is 0 Å². The molecule has 11 heteroatoms. The van der Waals surface area contributed by atoms with E-state index in [-0.39, 0.29) is 36.1 Å². The van der Waals surface area contributed by atoms with Crippen molar-refractivity contribution in [2.24, 2.45) is 17.3 Å². The molecule has 2 saturated carbocycles. The number of Topliss-reactive ketones (excluding diaryl/α,β-unsaturated/α-hetero) is 1. The molecule has 4 atom stereocenters. The van der Waals surface area contributed by atoms with E-state index in [4.69, 9.17) is 0 Å². The van der Waals surface area contributed by atoms with Crippen molar-refractivity contribution in [1.29, 1.82) is 0 Å². The molecule has 3 aliphatic rings. The minimum absolute atomic E-state index is 0.0112. The Hall–Kier alpha value is -2.98. The van der Waals surface area contributed by atoms with Gasteiger partial charge in [0.25, 0.3) is 5.91 Å². The average molecular weight is 576 g/mol. The van der Waals surface area contributed by atoms with Gasteiger partial charge in [0.15, 0.2) is 0 Å². The molecule has 0 aromatic heterocycles. The lowest BCUT2D eigenvalue weighted by Crippen LogP contribution is -2.59. The van der Waals surface area contributed by atoms with Crippen LogP contribution in [0.1, 0.15) is 98.3 Å². The minimum Gasteiger partial charge on any atom is -0.356 e. The first-order valence-corrected chi connectivity index (χ1v) is 15.3. The molecule has 3 fully saturated rings. The van der Waals surface area contributed by atoms with Gasteiger partial charge in [0.1, 0.15) is 12.1 Å². The fourth-order valence-electron chi connectivity index (χ4n) is 5.66. The Kier molecular flexibility index (Phi) is 11.3. The van der Waals surface area contributed by atoms with Crippen molar-refractivity contribution in [2.45, 2.75) is 122 Å². The third-order valence-corrected chi connectivity index (χ3v) is 8.47. The van der Waals surface area contributed by atoms with Crippen LogP contribution in [-0.2, 0) is 28.8 Å². The second-order valence-electron chi connectivity index (χ2n) is 13.0. The zero-order valence-corrected chi connectivity index (χ0v) is 25.3. The number of nitrogens with one attached hydrogen (secondary N) is 4. The number of likely N-dealkylation sites (N-methyl/N-ethyl adjacent to an activating group) is 1. The predicted octanol–water partition coefficient (Wildman–Crippen LogP) is 1.58. The number of amides is 5. The van der Waals surface area contributed by atoms with Crippen LogP contribution >= 0.6 is 0 Å². The fourth-order valence-corrected chi connectivity index (χ4v) is 5.66. The fraction of sp³-hybridized carbons (Fsp3) is 0.800. The standard InChI is InChI=1S/C30H49N5O6/c1-6-10-22(35(5)28(40)23(18-11-7-8-12-18)34-29(41)30(2,3)4)26(38)33-21(17-19-13-9-16-31-25(19)37)24(36)27(39)32-20-14-15-20/h18-23H,6-17H2,1-5H3,(H,31,37)(H,32,39)(H,33,38)(H,34,41)/t19-,21-,22-,23+/m0/s1. The Morgan fingerprint density at radius 2 is 1.63 bits per heavy atom. The van der Waals surface area contributed by atoms with Crippen molar-refractivity contribution < 1.29 is 28.8 Å². The summed E-state index contributed by atoms with van der Waals surface area (Å²) in [5.41, 5.74) is -0.685. The molecule has 11 nitrogen and oxygen atoms in total. The van der Waals surface area contributed by atoms with E-state index in [2.05, 4.69) is 21.3 Å². The zero-order chi connectivity index (χ0) is 30.3. The molecule has 0 spiro atoms. The summed E-state index contributed by atoms with van der Waals surface area (Å²) in [6.45, 7) is 7.82. The SMILES string of the molecule is CCC[C@@H](C(=O)N[C@@H](C[C@@H]1CCCNC1=O)C(=O)C(=O)NC1CC1)N(C)C(=O)[C@H](NC(=O)C(C)(C)C)C1CCCC1. The molecule has 0 aromatic rings. The van der Waals surface area contributed by atoms with Gasteiger partial charge < -0.3 is 26.2 Å². The van der Waals surface area contributed by atoms with Gasteiger partial charge in [-0.25, -0.2) is 0 Å². The molecule has 1 heterocycles. The minimum atomic E-state index is -1.19. The molecule has 0 aromatic carbocycles. The molecule has 0 unspecified atom stereocenters. The monoisotopic (exact) mass is 575 g/mol. The van der Waals surface area contributed by atoms with E-state index in [1.165, 1.54) is 4.90 Å². The summed E-state index contributed by atoms with van der Waals surface area (Å²) in [5.74, 6) is -3.40. The van der Waals surface area contributed by atoms with Crippen molar-refractivity contribution in [3.63, 3.8) is 0 Å². The van der Waals surface area contributed by atoms with Crippen LogP contribution in [0.15, 0.2) is 0 Å². The van der Waals surface area contributed by atoms with E-state index in [1.807, 2.05) is 6.92 Å². The van der Waals surface area contributed by atoms with E-state index < -0.39 is 47.1 Å². The van der Waals surface area contributed by atoms with Gasteiger partial charge in [0, 0.05) is 31.0 Å². The first-order chi connectivity index (χ1) is 19.3. The number of hydrogen-bond donors (Lipinski definition) is 4. The van der Waals surface area contributed by atoms with E-state index in [1.54, 1.807) is 27.8 Å². The molecule has 2 aliphatic carbocycles. The molecule has 5 amide bonds. The lowest BCUT2D eigenvalue weighted by molar-refractivity contribution is -0.145. The van der Waals surface area contributed by atoms with E-state index in [9.17, 15) is 28.8 Å². The van der Waals surface area contributed by atoms with Crippen LogP contribution in [-0.4, -0.2) is 78.0 Å². The number of piperidine rings is 1. The summed E-state index contributed by atoms with van der Waals surface area (Å²) < 4.78 is 0. The third-order valence-electron chi connectivity index (χ3n) is 8.47.